The van der Waals surface area contributed by atoms with Gasteiger partial charge in [0.2, 0.25) is 0 Å². The van der Waals surface area contributed by atoms with Crippen LogP contribution >= 0.6 is 0 Å². The van der Waals surface area contributed by atoms with Crippen LogP contribution in [0.2, 0.25) is 0 Å². The molecule has 5 heteroatoms. The van der Waals surface area contributed by atoms with E-state index in [-0.39, 0.29) is 5.54 Å². The highest BCUT2D eigenvalue weighted by molar-refractivity contribution is 7.90. The second-order valence-electron chi connectivity index (χ2n) is 4.24. The fourth-order valence-corrected chi connectivity index (χ4v) is 3.44. The summed E-state index contributed by atoms with van der Waals surface area (Å²) in [5, 5.41) is 8.64. The first-order valence-electron chi connectivity index (χ1n) is 4.09. The van der Waals surface area contributed by atoms with E-state index in [1.54, 1.807) is 0 Å². The Morgan fingerprint density at radius 1 is 1.50 bits per heavy atom. The molecule has 3 aliphatic rings. The zero-order valence-electron chi connectivity index (χ0n) is 7.46. The van der Waals surface area contributed by atoms with Crippen molar-refractivity contribution in [3.8, 4) is 0 Å². The van der Waals surface area contributed by atoms with Crippen LogP contribution in [-0.2, 0) is 9.92 Å². The van der Waals surface area contributed by atoms with Gasteiger partial charge in [0.1, 0.15) is 9.92 Å². The van der Waals surface area contributed by atoms with E-state index in [0.29, 0.717) is 5.54 Å². The lowest BCUT2D eigenvalue weighted by Crippen LogP contribution is -2.76. The minimum Gasteiger partial charge on any atom is -0.314 e. The van der Waals surface area contributed by atoms with Gasteiger partial charge in [-0.3, -0.25) is 0 Å². The Balaban J connectivity index is 2.11. The molecule has 3 fully saturated rings. The van der Waals surface area contributed by atoms with Gasteiger partial charge in [0.05, 0.1) is 5.54 Å². The number of nitrogens with zero attached hydrogens (tertiary/aromatic N) is 1. The molecule has 12 heavy (non-hydrogen) atoms. The van der Waals surface area contributed by atoms with E-state index in [0.717, 1.165) is 19.3 Å². The van der Waals surface area contributed by atoms with E-state index >= 15 is 0 Å². The van der Waals surface area contributed by atoms with Crippen molar-refractivity contribution in [3.63, 3.8) is 0 Å². The van der Waals surface area contributed by atoms with Crippen LogP contribution in [0.1, 0.15) is 19.3 Å². The molecule has 0 saturated heterocycles. The molecule has 3 aliphatic carbocycles. The van der Waals surface area contributed by atoms with E-state index < -0.39 is 9.92 Å². The third-order valence-corrected chi connectivity index (χ3v) is 3.66. The molecule has 4 nitrogen and oxygen atoms in total. The van der Waals surface area contributed by atoms with Gasteiger partial charge in [-0.05, 0) is 26.3 Å². The lowest BCUT2D eigenvalue weighted by atomic mass is 9.45. The molecule has 0 radical (unpaired) electrons. The predicted molar refractivity (Wildman–Crippen MR) is 49.1 cm³/mol. The summed E-state index contributed by atoms with van der Waals surface area (Å²) in [7, 11) is -0.425. The zero-order valence-corrected chi connectivity index (χ0v) is 8.28. The summed E-state index contributed by atoms with van der Waals surface area (Å²) < 4.78 is 15.4. The lowest BCUT2D eigenvalue weighted by Gasteiger charge is -2.68. The number of nitrogens with two attached hydrogens (primary N) is 1. The minimum absolute atomic E-state index is 0.0242. The first-order chi connectivity index (χ1) is 5.39. The summed E-state index contributed by atoms with van der Waals surface area (Å²) in [6.07, 6.45) is 4.54. The molecule has 3 N–H and O–H groups in total. The molecule has 0 aliphatic heterocycles. The SMILES string of the molecule is CNC12CC(N=S(C)(N)=O)(C1)C2. The van der Waals surface area contributed by atoms with Crippen LogP contribution in [0.4, 0.5) is 0 Å². The summed E-state index contributed by atoms with van der Waals surface area (Å²) in [6.45, 7) is 0. The zero-order chi connectivity index (χ0) is 9.04. The molecule has 3 saturated carbocycles. The van der Waals surface area contributed by atoms with Gasteiger partial charge >= 0.3 is 0 Å². The molecule has 70 valence electrons. The predicted octanol–water partition coefficient (Wildman–Crippen LogP) is -0.148. The Labute approximate surface area is 73.2 Å². The van der Waals surface area contributed by atoms with Crippen LogP contribution in [0, 0.1) is 0 Å². The molecule has 0 amide bonds. The maximum Gasteiger partial charge on any atom is 0.102 e. The van der Waals surface area contributed by atoms with E-state index in [1.807, 2.05) is 7.05 Å². The van der Waals surface area contributed by atoms with Gasteiger partial charge in [0.25, 0.3) is 0 Å². The van der Waals surface area contributed by atoms with Crippen LogP contribution in [0.3, 0.4) is 0 Å². The number of rotatable bonds is 2. The highest BCUT2D eigenvalue weighted by atomic mass is 32.2. The molecular weight excluding hydrogens is 174 g/mol. The summed E-state index contributed by atoms with van der Waals surface area (Å²) in [6, 6.07) is 0. The molecular formula is C7H15N3OS. The minimum atomic E-state index is -2.39. The molecule has 2 bridgehead atoms. The van der Waals surface area contributed by atoms with Crippen LogP contribution in [-0.4, -0.2) is 28.6 Å². The standard InChI is InChI=1S/C7H15N3OS/c1-9-6-3-7(4-6,5-6)10-12(2,8)11/h9H,3-5H2,1-2H3,(H2,8,10,11). The van der Waals surface area contributed by atoms with Gasteiger partial charge in [0.15, 0.2) is 0 Å². The Kier molecular flexibility index (Phi) is 1.43. The normalized spacial score (nSPS) is 48.6. The molecule has 1 atom stereocenters. The van der Waals surface area contributed by atoms with Crippen molar-refractivity contribution < 1.29 is 4.21 Å². The van der Waals surface area contributed by atoms with E-state index in [9.17, 15) is 4.21 Å². The fraction of sp³-hybridized carbons (Fsp3) is 1.00. The first-order valence-corrected chi connectivity index (χ1v) is 6.07. The highest BCUT2D eigenvalue weighted by Gasteiger charge is 2.68. The van der Waals surface area contributed by atoms with Crippen molar-refractivity contribution in [3.05, 3.63) is 0 Å². The van der Waals surface area contributed by atoms with Crippen molar-refractivity contribution in [1.29, 1.82) is 0 Å². The van der Waals surface area contributed by atoms with Crippen molar-refractivity contribution in [1.82, 2.24) is 5.32 Å². The Morgan fingerprint density at radius 2 is 2.00 bits per heavy atom. The van der Waals surface area contributed by atoms with Crippen LogP contribution in [0.25, 0.3) is 0 Å². The average Bonchev–Trinajstić information content (AvgIpc) is 1.72. The number of hydrogen-bond acceptors (Lipinski definition) is 3. The van der Waals surface area contributed by atoms with Crippen LogP contribution < -0.4 is 10.5 Å². The van der Waals surface area contributed by atoms with Crippen LogP contribution in [0.5, 0.6) is 0 Å². The van der Waals surface area contributed by atoms with Crippen molar-refractivity contribution in [2.75, 3.05) is 13.3 Å². The van der Waals surface area contributed by atoms with Crippen molar-refractivity contribution in [2.45, 2.75) is 30.3 Å². The van der Waals surface area contributed by atoms with E-state index in [1.165, 1.54) is 6.26 Å². The van der Waals surface area contributed by atoms with Crippen molar-refractivity contribution >= 4 is 9.92 Å². The Morgan fingerprint density at radius 3 is 2.33 bits per heavy atom. The molecule has 3 rings (SSSR count). The largest absolute Gasteiger partial charge is 0.314 e. The Hall–Kier alpha value is -0.130. The van der Waals surface area contributed by atoms with Crippen LogP contribution in [0.15, 0.2) is 4.36 Å². The van der Waals surface area contributed by atoms with Gasteiger partial charge in [-0.25, -0.2) is 13.7 Å². The van der Waals surface area contributed by atoms with Crippen molar-refractivity contribution in [2.24, 2.45) is 9.50 Å². The van der Waals surface area contributed by atoms with Gasteiger partial charge in [-0.2, -0.15) is 0 Å². The molecule has 0 spiro atoms. The topological polar surface area (TPSA) is 67.5 Å². The average molecular weight is 189 g/mol. The summed E-state index contributed by atoms with van der Waals surface area (Å²) in [5.74, 6) is 0. The molecule has 0 aromatic heterocycles. The quantitative estimate of drug-likeness (QED) is 0.634. The highest BCUT2D eigenvalue weighted by Crippen LogP contribution is 2.62. The van der Waals surface area contributed by atoms with Gasteiger partial charge < -0.3 is 5.32 Å². The molecule has 0 heterocycles. The van der Waals surface area contributed by atoms with Gasteiger partial charge in [0, 0.05) is 11.8 Å². The summed E-state index contributed by atoms with van der Waals surface area (Å²) in [4.78, 5) is 0. The second kappa shape index (κ2) is 2.02. The first kappa shape index (κ1) is 8.47. The Bertz CT molecular complexity index is 302. The third-order valence-electron chi connectivity index (χ3n) is 2.91. The number of hydrogen-bond donors (Lipinski definition) is 2. The van der Waals surface area contributed by atoms with Gasteiger partial charge in [-0.1, -0.05) is 0 Å². The second-order valence-corrected chi connectivity index (χ2v) is 6.14. The summed E-state index contributed by atoms with van der Waals surface area (Å²) in [5.41, 5.74) is 0.289. The molecule has 0 aromatic rings. The summed E-state index contributed by atoms with van der Waals surface area (Å²) >= 11 is 0. The molecule has 1 unspecified atom stereocenters. The maximum atomic E-state index is 11.2. The lowest BCUT2D eigenvalue weighted by molar-refractivity contribution is -0.0699. The number of nitrogens with one attached hydrogen (secondary N) is 1. The third kappa shape index (κ3) is 1.08. The monoisotopic (exact) mass is 189 g/mol. The van der Waals surface area contributed by atoms with E-state index in [2.05, 4.69) is 9.68 Å². The smallest absolute Gasteiger partial charge is 0.102 e. The van der Waals surface area contributed by atoms with E-state index in [4.69, 9.17) is 5.14 Å². The molecule has 0 aromatic carbocycles. The fourth-order valence-electron chi connectivity index (χ4n) is 2.48. The maximum absolute atomic E-state index is 11.2. The van der Waals surface area contributed by atoms with Gasteiger partial charge in [-0.15, -0.1) is 0 Å².